The van der Waals surface area contributed by atoms with Gasteiger partial charge in [-0.2, -0.15) is 0 Å². The second kappa shape index (κ2) is 6.77. The van der Waals surface area contributed by atoms with E-state index in [0.29, 0.717) is 22.3 Å². The molecule has 0 radical (unpaired) electrons. The van der Waals surface area contributed by atoms with Gasteiger partial charge in [0.1, 0.15) is 18.2 Å². The lowest BCUT2D eigenvalue weighted by Crippen LogP contribution is -2.31. The molecule has 0 aliphatic heterocycles. The molecule has 1 aliphatic carbocycles. The number of fused-ring (bicyclic) bond motifs is 6. The highest BCUT2D eigenvalue weighted by Crippen LogP contribution is 2.50. The number of aromatic nitrogens is 2. The summed E-state index contributed by atoms with van der Waals surface area (Å²) in [6.45, 7) is -0.110. The molecule has 33 heavy (non-hydrogen) atoms. The van der Waals surface area contributed by atoms with E-state index in [4.69, 9.17) is 14.0 Å². The maximum atomic E-state index is 8.55. The summed E-state index contributed by atoms with van der Waals surface area (Å²) in [6.07, 6.45) is 3.37. The minimum Gasteiger partial charge on any atom is -0.455 e. The van der Waals surface area contributed by atoms with E-state index in [1.54, 1.807) is 18.2 Å². The maximum absolute atomic E-state index is 8.55. The highest BCUT2D eigenvalue weighted by atomic mass is 16.3. The van der Waals surface area contributed by atoms with Crippen molar-refractivity contribution in [1.29, 1.82) is 0 Å². The molecule has 0 atom stereocenters. The Hall–Kier alpha value is -3.46. The van der Waals surface area contributed by atoms with E-state index in [0.717, 1.165) is 33.2 Å². The molecule has 0 N–H and O–H groups in total. The summed E-state index contributed by atoms with van der Waals surface area (Å²) in [5.74, 6) is -0.797. The average molecular weight is 441 g/mol. The topological polar surface area (TPSA) is 29.9 Å². The molecule has 1 aliphatic rings. The molecule has 164 valence electrons. The molecule has 0 amide bonds. The van der Waals surface area contributed by atoms with Crippen LogP contribution in [0.1, 0.15) is 65.4 Å². The van der Waals surface area contributed by atoms with Gasteiger partial charge in [-0.1, -0.05) is 45.8 Å². The molecular formula is C30H29N2O+. The lowest BCUT2D eigenvalue weighted by Gasteiger charge is -2.19. The van der Waals surface area contributed by atoms with Crippen LogP contribution >= 0.6 is 0 Å². The van der Waals surface area contributed by atoms with Crippen molar-refractivity contribution in [2.45, 2.75) is 45.8 Å². The Morgan fingerprint density at radius 1 is 1.06 bits per heavy atom. The van der Waals surface area contributed by atoms with Crippen LogP contribution in [0.15, 0.2) is 65.3 Å². The summed E-state index contributed by atoms with van der Waals surface area (Å²) in [7, 11) is 1.94. The lowest BCUT2D eigenvalue weighted by atomic mass is 9.85. The van der Waals surface area contributed by atoms with E-state index in [1.165, 1.54) is 6.20 Å². The van der Waals surface area contributed by atoms with Crippen molar-refractivity contribution in [1.82, 2.24) is 4.98 Å². The first-order valence-corrected chi connectivity index (χ1v) is 11.0. The van der Waals surface area contributed by atoms with Crippen molar-refractivity contribution in [2.24, 2.45) is 7.05 Å². The van der Waals surface area contributed by atoms with E-state index in [1.807, 2.05) is 68.9 Å². The first-order chi connectivity index (χ1) is 18.6. The van der Waals surface area contributed by atoms with Gasteiger partial charge in [0.15, 0.2) is 6.20 Å². The van der Waals surface area contributed by atoms with Gasteiger partial charge in [0.25, 0.3) is 0 Å². The van der Waals surface area contributed by atoms with E-state index in [2.05, 4.69) is 4.98 Å². The van der Waals surface area contributed by atoms with Crippen LogP contribution in [0.5, 0.6) is 0 Å². The number of hydrogen-bond acceptors (Lipinski definition) is 2. The fourth-order valence-electron chi connectivity index (χ4n) is 5.01. The monoisotopic (exact) mass is 440 g/mol. The normalized spacial score (nSPS) is 18.5. The molecule has 3 nitrogen and oxygen atoms in total. The maximum Gasteiger partial charge on any atom is 0.216 e. The molecule has 3 aromatic heterocycles. The number of aryl methyl sites for hydroxylation is 2. The fraction of sp³-hybridized carbons (Fsp3) is 0.267. The predicted octanol–water partition coefficient (Wildman–Crippen LogP) is 7.21. The van der Waals surface area contributed by atoms with Gasteiger partial charge in [-0.3, -0.25) is 4.98 Å². The van der Waals surface area contributed by atoms with Crippen LogP contribution in [0.2, 0.25) is 0 Å². The highest BCUT2D eigenvalue weighted by Gasteiger charge is 2.37. The lowest BCUT2D eigenvalue weighted by molar-refractivity contribution is -0.660. The first kappa shape index (κ1) is 13.9. The van der Waals surface area contributed by atoms with E-state index in [9.17, 15) is 0 Å². The van der Waals surface area contributed by atoms with Crippen LogP contribution in [-0.4, -0.2) is 4.98 Å². The fourth-order valence-corrected chi connectivity index (χ4v) is 5.01. The van der Waals surface area contributed by atoms with Gasteiger partial charge in [0, 0.05) is 49.7 Å². The molecular weight excluding hydrogens is 404 g/mol. The second-order valence-electron chi connectivity index (χ2n) is 9.19. The summed E-state index contributed by atoms with van der Waals surface area (Å²) in [5.41, 5.74) is 3.57. The third-order valence-electron chi connectivity index (χ3n) is 6.83. The molecule has 0 spiro atoms. The molecule has 2 aromatic carbocycles. The largest absolute Gasteiger partial charge is 0.455 e. The molecule has 0 saturated carbocycles. The summed E-state index contributed by atoms with van der Waals surface area (Å²) in [4.78, 5) is 4.33. The number of hydrogen-bond donors (Lipinski definition) is 0. The van der Waals surface area contributed by atoms with Crippen LogP contribution in [0.4, 0.5) is 0 Å². The molecule has 3 heterocycles. The highest BCUT2D eigenvalue weighted by molar-refractivity contribution is 6.11. The van der Waals surface area contributed by atoms with Crippen LogP contribution in [0.3, 0.4) is 0 Å². The molecule has 0 unspecified atom stereocenters. The smallest absolute Gasteiger partial charge is 0.216 e. The SMILES string of the molecule is [2H]C(C)(C)c1cc[n+](C)c(-c2c(C)ccc3c2oc2cc4c(cc23)-c2cccnc2C4(C([2H])([2H])[2H])C([2H])([2H])[2H])c1. The van der Waals surface area contributed by atoms with E-state index >= 15 is 0 Å². The minimum absolute atomic E-state index is 0.0420. The second-order valence-corrected chi connectivity index (χ2v) is 9.19. The van der Waals surface area contributed by atoms with Gasteiger partial charge in [-0.25, -0.2) is 4.57 Å². The number of furan rings is 1. The Morgan fingerprint density at radius 2 is 1.91 bits per heavy atom. The summed E-state index contributed by atoms with van der Waals surface area (Å²) in [5, 5.41) is 1.59. The number of nitrogens with zero attached hydrogens (tertiary/aromatic N) is 2. The zero-order chi connectivity index (χ0) is 29.0. The summed E-state index contributed by atoms with van der Waals surface area (Å²) < 4.78 is 67.8. The Labute approximate surface area is 204 Å². The summed E-state index contributed by atoms with van der Waals surface area (Å²) in [6, 6.07) is 14.8. The number of benzene rings is 2. The third kappa shape index (κ3) is 2.75. The van der Waals surface area contributed by atoms with Crippen molar-refractivity contribution in [3.8, 4) is 22.4 Å². The van der Waals surface area contributed by atoms with Crippen LogP contribution < -0.4 is 4.57 Å². The Morgan fingerprint density at radius 3 is 2.70 bits per heavy atom. The Bertz CT molecular complexity index is 1830. The first-order valence-electron chi connectivity index (χ1n) is 14.5. The van der Waals surface area contributed by atoms with Crippen molar-refractivity contribution >= 4 is 21.9 Å². The average Bonchev–Trinajstić information content (AvgIpc) is 3.35. The van der Waals surface area contributed by atoms with Gasteiger partial charge < -0.3 is 4.42 Å². The quantitative estimate of drug-likeness (QED) is 0.271. The van der Waals surface area contributed by atoms with Crippen molar-refractivity contribution in [2.75, 3.05) is 0 Å². The molecule has 0 bridgehead atoms. The summed E-state index contributed by atoms with van der Waals surface area (Å²) >= 11 is 0. The van der Waals surface area contributed by atoms with Gasteiger partial charge >= 0.3 is 0 Å². The zero-order valence-electron chi connectivity index (χ0n) is 26.1. The van der Waals surface area contributed by atoms with E-state index < -0.39 is 25.0 Å². The van der Waals surface area contributed by atoms with Crippen LogP contribution in [0.25, 0.3) is 44.3 Å². The van der Waals surface area contributed by atoms with Gasteiger partial charge in [0.2, 0.25) is 5.69 Å². The molecule has 0 saturated heterocycles. The molecule has 0 fully saturated rings. The molecule has 3 heteroatoms. The zero-order valence-corrected chi connectivity index (χ0v) is 19.1. The minimum atomic E-state index is -2.90. The molecule has 6 rings (SSSR count). The van der Waals surface area contributed by atoms with Crippen LogP contribution in [0, 0.1) is 6.92 Å². The third-order valence-corrected chi connectivity index (χ3v) is 6.83. The number of rotatable bonds is 2. The standard InChI is InChI=1S/C30H29N2O/c1-17(2)19-11-13-32(6)25(14-19)27-18(3)9-10-20-23-15-22-21-8-7-12-31-29(21)30(4,5)24(22)16-26(23)33-28(20)27/h7-17H,1-6H3/q+1/i4D3,5D3,17D. The van der Waals surface area contributed by atoms with Gasteiger partial charge in [-0.05, 0) is 53.3 Å². The van der Waals surface area contributed by atoms with Gasteiger partial charge in [-0.15, -0.1) is 0 Å². The Balaban J connectivity index is 1.72. The van der Waals surface area contributed by atoms with Crippen LogP contribution in [-0.2, 0) is 12.5 Å². The molecule has 5 aromatic rings. The predicted molar refractivity (Wildman–Crippen MR) is 135 cm³/mol. The van der Waals surface area contributed by atoms with Gasteiger partial charge in [0.05, 0.1) is 11.3 Å². The van der Waals surface area contributed by atoms with Crippen molar-refractivity contribution in [3.05, 3.63) is 83.3 Å². The number of pyridine rings is 2. The van der Waals surface area contributed by atoms with E-state index in [-0.39, 0.29) is 11.3 Å². The van der Waals surface area contributed by atoms with Crippen molar-refractivity contribution in [3.63, 3.8) is 0 Å². The Kier molecular flexibility index (Phi) is 2.86. The van der Waals surface area contributed by atoms with Crippen molar-refractivity contribution < 1.29 is 18.6 Å².